The SMILES string of the molecule is CC1(C)OB(c2cccc(-c3ccc4c(c3)SC3C=CC=CC43)c2)OC1(C)C. The summed E-state index contributed by atoms with van der Waals surface area (Å²) in [6, 6.07) is 15.5. The first kappa shape index (κ1) is 18.3. The zero-order valence-corrected chi connectivity index (χ0v) is 17.6. The van der Waals surface area contributed by atoms with Crippen LogP contribution in [0, 0.1) is 0 Å². The van der Waals surface area contributed by atoms with Gasteiger partial charge in [-0.05, 0) is 55.9 Å². The molecule has 2 aromatic carbocycles. The van der Waals surface area contributed by atoms with Crippen LogP contribution in [-0.2, 0) is 9.31 Å². The molecular formula is C24H25BO2S. The van der Waals surface area contributed by atoms with E-state index in [2.05, 4.69) is 94.5 Å². The minimum absolute atomic E-state index is 0.324. The number of benzene rings is 2. The molecule has 2 atom stereocenters. The van der Waals surface area contributed by atoms with E-state index in [0.717, 1.165) is 5.46 Å². The maximum atomic E-state index is 6.24. The van der Waals surface area contributed by atoms with Gasteiger partial charge in [0.25, 0.3) is 0 Å². The maximum Gasteiger partial charge on any atom is 0.494 e. The minimum atomic E-state index is -0.327. The monoisotopic (exact) mass is 388 g/mol. The Morgan fingerprint density at radius 3 is 2.36 bits per heavy atom. The molecule has 1 aliphatic carbocycles. The van der Waals surface area contributed by atoms with Gasteiger partial charge in [0.2, 0.25) is 0 Å². The molecule has 0 radical (unpaired) electrons. The average Bonchev–Trinajstić information content (AvgIpc) is 3.15. The number of thioether (sulfide) groups is 1. The fraction of sp³-hybridized carbons (Fsp3) is 0.333. The van der Waals surface area contributed by atoms with Crippen LogP contribution in [0.1, 0.15) is 39.2 Å². The topological polar surface area (TPSA) is 18.5 Å². The predicted octanol–water partition coefficient (Wildman–Crippen LogP) is 5.34. The Hall–Kier alpha value is -1.75. The van der Waals surface area contributed by atoms with E-state index in [9.17, 15) is 0 Å². The van der Waals surface area contributed by atoms with Crippen LogP contribution in [-0.4, -0.2) is 23.6 Å². The first-order valence-electron chi connectivity index (χ1n) is 9.96. The number of allylic oxidation sites excluding steroid dienone is 3. The summed E-state index contributed by atoms with van der Waals surface area (Å²) in [4.78, 5) is 1.39. The lowest BCUT2D eigenvalue weighted by molar-refractivity contribution is 0.00578. The van der Waals surface area contributed by atoms with Gasteiger partial charge in [0.05, 0.1) is 11.2 Å². The average molecular weight is 388 g/mol. The van der Waals surface area contributed by atoms with Gasteiger partial charge < -0.3 is 9.31 Å². The maximum absolute atomic E-state index is 6.24. The second-order valence-electron chi connectivity index (χ2n) is 8.84. The molecule has 2 aromatic rings. The molecule has 0 spiro atoms. The molecule has 4 heteroatoms. The molecule has 2 aliphatic heterocycles. The standard InChI is InChI=1S/C24H25BO2S/c1-23(2)24(3,4)27-25(26-23)18-9-7-8-16(14-18)17-12-13-20-19-10-5-6-11-21(19)28-22(20)15-17/h5-15,19,21H,1-4H3. The summed E-state index contributed by atoms with van der Waals surface area (Å²) in [7, 11) is -0.327. The second-order valence-corrected chi connectivity index (χ2v) is 10.1. The van der Waals surface area contributed by atoms with E-state index >= 15 is 0 Å². The van der Waals surface area contributed by atoms with Gasteiger partial charge in [-0.1, -0.05) is 60.7 Å². The molecule has 0 saturated carbocycles. The lowest BCUT2D eigenvalue weighted by Crippen LogP contribution is -2.41. The molecule has 5 rings (SSSR count). The molecule has 0 amide bonds. The molecule has 0 bridgehead atoms. The number of rotatable bonds is 2. The Balaban J connectivity index is 1.45. The molecule has 1 saturated heterocycles. The van der Waals surface area contributed by atoms with Crippen molar-refractivity contribution in [2.45, 2.75) is 55.0 Å². The smallest absolute Gasteiger partial charge is 0.399 e. The summed E-state index contributed by atoms with van der Waals surface area (Å²) in [6.07, 6.45) is 8.96. The van der Waals surface area contributed by atoms with Crippen LogP contribution >= 0.6 is 11.8 Å². The van der Waals surface area contributed by atoms with Crippen LogP contribution in [0.15, 0.2) is 71.7 Å². The number of fused-ring (bicyclic) bond motifs is 3. The van der Waals surface area contributed by atoms with Crippen LogP contribution in [0.5, 0.6) is 0 Å². The molecule has 2 nitrogen and oxygen atoms in total. The van der Waals surface area contributed by atoms with Crippen LogP contribution in [0.3, 0.4) is 0 Å². The third-order valence-corrected chi connectivity index (χ3v) is 7.80. The first-order valence-corrected chi connectivity index (χ1v) is 10.8. The zero-order chi connectivity index (χ0) is 19.5. The van der Waals surface area contributed by atoms with Gasteiger partial charge in [0.1, 0.15) is 0 Å². The fourth-order valence-electron chi connectivity index (χ4n) is 4.06. The first-order chi connectivity index (χ1) is 13.3. The van der Waals surface area contributed by atoms with Crippen LogP contribution in [0.2, 0.25) is 0 Å². The molecule has 142 valence electrons. The summed E-state index contributed by atoms with van der Waals surface area (Å²) in [5.41, 5.74) is 4.32. The summed E-state index contributed by atoms with van der Waals surface area (Å²) in [5, 5.41) is 0.534. The Labute approximate surface area is 172 Å². The van der Waals surface area contributed by atoms with Gasteiger partial charge in [0.15, 0.2) is 0 Å². The van der Waals surface area contributed by atoms with Gasteiger partial charge >= 0.3 is 7.12 Å². The molecule has 1 fully saturated rings. The second kappa shape index (κ2) is 6.38. The Bertz CT molecular complexity index is 976. The van der Waals surface area contributed by atoms with Crippen molar-refractivity contribution in [2.75, 3.05) is 0 Å². The zero-order valence-electron chi connectivity index (χ0n) is 16.8. The lowest BCUT2D eigenvalue weighted by Gasteiger charge is -2.32. The summed E-state index contributed by atoms with van der Waals surface area (Å²) in [5.74, 6) is 0.509. The number of hydrogen-bond donors (Lipinski definition) is 0. The van der Waals surface area contributed by atoms with Gasteiger partial charge in [-0.15, -0.1) is 11.8 Å². The highest BCUT2D eigenvalue weighted by Crippen LogP contribution is 2.49. The Morgan fingerprint density at radius 2 is 1.57 bits per heavy atom. The van der Waals surface area contributed by atoms with Crippen LogP contribution in [0.4, 0.5) is 0 Å². The van der Waals surface area contributed by atoms with Crippen LogP contribution in [0.25, 0.3) is 11.1 Å². The van der Waals surface area contributed by atoms with E-state index in [0.29, 0.717) is 11.2 Å². The molecule has 3 aliphatic rings. The van der Waals surface area contributed by atoms with E-state index < -0.39 is 0 Å². The van der Waals surface area contributed by atoms with E-state index in [1.165, 1.54) is 21.6 Å². The summed E-state index contributed by atoms with van der Waals surface area (Å²) in [6.45, 7) is 8.38. The van der Waals surface area contributed by atoms with Crippen molar-refractivity contribution in [1.29, 1.82) is 0 Å². The van der Waals surface area contributed by atoms with Gasteiger partial charge in [-0.3, -0.25) is 0 Å². The van der Waals surface area contributed by atoms with E-state index in [1.54, 1.807) is 0 Å². The summed E-state index contributed by atoms with van der Waals surface area (Å²) >= 11 is 1.97. The molecule has 2 heterocycles. The molecular weight excluding hydrogens is 363 g/mol. The van der Waals surface area contributed by atoms with Crippen molar-refractivity contribution in [3.8, 4) is 11.1 Å². The molecule has 28 heavy (non-hydrogen) atoms. The largest absolute Gasteiger partial charge is 0.494 e. The van der Waals surface area contributed by atoms with Gasteiger partial charge in [0, 0.05) is 16.1 Å². The van der Waals surface area contributed by atoms with Crippen molar-refractivity contribution >= 4 is 24.3 Å². The van der Waals surface area contributed by atoms with Crippen LogP contribution < -0.4 is 5.46 Å². The highest BCUT2D eigenvalue weighted by Gasteiger charge is 2.51. The van der Waals surface area contributed by atoms with Crippen molar-refractivity contribution in [2.24, 2.45) is 0 Å². The molecule has 0 aromatic heterocycles. The molecule has 2 unspecified atom stereocenters. The fourth-order valence-corrected chi connectivity index (χ4v) is 5.44. The van der Waals surface area contributed by atoms with E-state index in [4.69, 9.17) is 9.31 Å². The third kappa shape index (κ3) is 2.90. The highest BCUT2D eigenvalue weighted by molar-refractivity contribution is 8.00. The summed E-state index contributed by atoms with van der Waals surface area (Å²) < 4.78 is 12.5. The third-order valence-electron chi connectivity index (χ3n) is 6.47. The van der Waals surface area contributed by atoms with Gasteiger partial charge in [-0.2, -0.15) is 0 Å². The minimum Gasteiger partial charge on any atom is -0.399 e. The highest BCUT2D eigenvalue weighted by atomic mass is 32.2. The lowest BCUT2D eigenvalue weighted by atomic mass is 9.78. The Kier molecular flexibility index (Phi) is 4.17. The van der Waals surface area contributed by atoms with Crippen molar-refractivity contribution < 1.29 is 9.31 Å². The van der Waals surface area contributed by atoms with Crippen molar-refractivity contribution in [1.82, 2.24) is 0 Å². The predicted molar refractivity (Wildman–Crippen MR) is 118 cm³/mol. The van der Waals surface area contributed by atoms with Gasteiger partial charge in [-0.25, -0.2) is 0 Å². The van der Waals surface area contributed by atoms with Crippen molar-refractivity contribution in [3.05, 3.63) is 72.3 Å². The van der Waals surface area contributed by atoms with E-state index in [-0.39, 0.29) is 18.3 Å². The van der Waals surface area contributed by atoms with Crippen molar-refractivity contribution in [3.63, 3.8) is 0 Å². The molecule has 0 N–H and O–H groups in total. The normalized spacial score (nSPS) is 26.4. The number of hydrogen-bond acceptors (Lipinski definition) is 3. The van der Waals surface area contributed by atoms with E-state index in [1.807, 2.05) is 11.8 Å². The Morgan fingerprint density at radius 1 is 0.857 bits per heavy atom. The quantitative estimate of drug-likeness (QED) is 0.648.